The predicted molar refractivity (Wildman–Crippen MR) is 113 cm³/mol. The summed E-state index contributed by atoms with van der Waals surface area (Å²) >= 11 is 1.34. The van der Waals surface area contributed by atoms with Gasteiger partial charge in [-0.25, -0.2) is 9.97 Å². The summed E-state index contributed by atoms with van der Waals surface area (Å²) in [6, 6.07) is 15.1. The first kappa shape index (κ1) is 18.4. The first-order valence-corrected chi connectivity index (χ1v) is 10.2. The highest BCUT2D eigenvalue weighted by molar-refractivity contribution is 7.14. The van der Waals surface area contributed by atoms with Crippen LogP contribution in [0.25, 0.3) is 22.7 Å². The van der Waals surface area contributed by atoms with Crippen molar-refractivity contribution in [1.29, 1.82) is 0 Å². The largest absolute Gasteiger partial charge is 0.486 e. The van der Waals surface area contributed by atoms with E-state index in [0.29, 0.717) is 35.7 Å². The van der Waals surface area contributed by atoms with E-state index in [1.165, 1.54) is 11.3 Å². The van der Waals surface area contributed by atoms with Crippen molar-refractivity contribution < 1.29 is 18.7 Å². The van der Waals surface area contributed by atoms with Gasteiger partial charge in [-0.05, 0) is 37.3 Å². The Labute approximate surface area is 176 Å². The smallest absolute Gasteiger partial charge is 0.279 e. The van der Waals surface area contributed by atoms with Gasteiger partial charge in [0.2, 0.25) is 5.89 Å². The molecular weight excluding hydrogens is 402 g/mol. The average Bonchev–Trinajstić information content (AvgIpc) is 3.41. The Bertz CT molecular complexity index is 1220. The number of fused-ring (bicyclic) bond motifs is 1. The van der Waals surface area contributed by atoms with Gasteiger partial charge in [0.1, 0.15) is 19.0 Å². The highest BCUT2D eigenvalue weighted by Gasteiger charge is 2.20. The SMILES string of the molecule is Cc1oc(-c2ccccc2)nc1C(=O)Nc1nc(-c2ccc3c(c2)OCCO3)cs1. The second kappa shape index (κ2) is 7.64. The molecule has 0 unspecified atom stereocenters. The number of carbonyl (C=O) groups is 1. The maximum Gasteiger partial charge on any atom is 0.279 e. The lowest BCUT2D eigenvalue weighted by Crippen LogP contribution is -2.15. The van der Waals surface area contributed by atoms with E-state index >= 15 is 0 Å². The molecule has 7 nitrogen and oxygen atoms in total. The summed E-state index contributed by atoms with van der Waals surface area (Å²) in [5, 5.41) is 5.17. The second-order valence-electron chi connectivity index (χ2n) is 6.64. The highest BCUT2D eigenvalue weighted by atomic mass is 32.1. The summed E-state index contributed by atoms with van der Waals surface area (Å²) < 4.78 is 16.9. The summed E-state index contributed by atoms with van der Waals surface area (Å²) in [7, 11) is 0. The molecule has 1 N–H and O–H groups in total. The molecule has 0 radical (unpaired) electrons. The monoisotopic (exact) mass is 419 g/mol. The summed E-state index contributed by atoms with van der Waals surface area (Å²) in [5.41, 5.74) is 2.69. The van der Waals surface area contributed by atoms with Crippen molar-refractivity contribution in [2.24, 2.45) is 0 Å². The molecule has 1 amide bonds. The van der Waals surface area contributed by atoms with Crippen molar-refractivity contribution in [1.82, 2.24) is 9.97 Å². The number of ether oxygens (including phenoxy) is 2. The topological polar surface area (TPSA) is 86.5 Å². The fraction of sp³-hybridized carbons (Fsp3) is 0.136. The van der Waals surface area contributed by atoms with E-state index in [2.05, 4.69) is 15.3 Å². The van der Waals surface area contributed by atoms with Crippen molar-refractivity contribution in [3.8, 4) is 34.2 Å². The molecule has 1 aliphatic rings. The fourth-order valence-corrected chi connectivity index (χ4v) is 3.85. The molecule has 0 fully saturated rings. The molecule has 0 bridgehead atoms. The third-order valence-corrected chi connectivity index (χ3v) is 5.35. The van der Waals surface area contributed by atoms with Gasteiger partial charge in [-0.15, -0.1) is 11.3 Å². The number of benzene rings is 2. The lowest BCUT2D eigenvalue weighted by atomic mass is 10.1. The zero-order chi connectivity index (χ0) is 20.5. The van der Waals surface area contributed by atoms with E-state index in [4.69, 9.17) is 13.9 Å². The summed E-state index contributed by atoms with van der Waals surface area (Å²) in [5.74, 6) is 1.93. The van der Waals surface area contributed by atoms with Gasteiger partial charge in [0.05, 0.1) is 5.69 Å². The maximum absolute atomic E-state index is 12.7. The zero-order valence-electron chi connectivity index (χ0n) is 16.0. The highest BCUT2D eigenvalue weighted by Crippen LogP contribution is 2.35. The van der Waals surface area contributed by atoms with Crippen LogP contribution in [-0.2, 0) is 0 Å². The third-order valence-electron chi connectivity index (χ3n) is 4.59. The van der Waals surface area contributed by atoms with E-state index < -0.39 is 0 Å². The first-order valence-electron chi connectivity index (χ1n) is 9.37. The molecular formula is C22H17N3O4S. The average molecular weight is 419 g/mol. The minimum Gasteiger partial charge on any atom is -0.486 e. The van der Waals surface area contributed by atoms with Gasteiger partial charge >= 0.3 is 0 Å². The second-order valence-corrected chi connectivity index (χ2v) is 7.50. The number of oxazole rings is 1. The number of amides is 1. The number of thiazole rings is 1. The van der Waals surface area contributed by atoms with Gasteiger partial charge in [0, 0.05) is 16.5 Å². The van der Waals surface area contributed by atoms with Gasteiger partial charge in [-0.2, -0.15) is 0 Å². The Morgan fingerprint density at radius 1 is 1.00 bits per heavy atom. The Hall–Kier alpha value is -3.65. The quantitative estimate of drug-likeness (QED) is 0.511. The van der Waals surface area contributed by atoms with Crippen LogP contribution in [0.2, 0.25) is 0 Å². The molecule has 1 aliphatic heterocycles. The van der Waals surface area contributed by atoms with E-state index in [9.17, 15) is 4.79 Å². The van der Waals surface area contributed by atoms with Crippen LogP contribution in [0.4, 0.5) is 5.13 Å². The molecule has 3 heterocycles. The minimum atomic E-state index is -0.360. The van der Waals surface area contributed by atoms with Gasteiger partial charge in [0.15, 0.2) is 22.3 Å². The van der Waals surface area contributed by atoms with Crippen LogP contribution in [0.5, 0.6) is 11.5 Å². The van der Waals surface area contributed by atoms with Crippen molar-refractivity contribution in [3.05, 3.63) is 65.4 Å². The summed E-state index contributed by atoms with van der Waals surface area (Å²) in [4.78, 5) is 21.6. The van der Waals surface area contributed by atoms with Crippen LogP contribution in [0, 0.1) is 6.92 Å². The number of anilines is 1. The van der Waals surface area contributed by atoms with Crippen molar-refractivity contribution in [2.75, 3.05) is 18.5 Å². The van der Waals surface area contributed by atoms with E-state index in [0.717, 1.165) is 22.6 Å². The van der Waals surface area contributed by atoms with Crippen LogP contribution in [-0.4, -0.2) is 29.1 Å². The molecule has 5 rings (SSSR count). The van der Waals surface area contributed by atoms with Gasteiger partial charge in [-0.1, -0.05) is 18.2 Å². The molecule has 0 atom stereocenters. The molecule has 0 spiro atoms. The van der Waals surface area contributed by atoms with Crippen LogP contribution >= 0.6 is 11.3 Å². The first-order chi connectivity index (χ1) is 14.7. The van der Waals surface area contributed by atoms with Crippen LogP contribution in [0.3, 0.4) is 0 Å². The van der Waals surface area contributed by atoms with Crippen molar-refractivity contribution in [3.63, 3.8) is 0 Å². The van der Waals surface area contributed by atoms with E-state index in [-0.39, 0.29) is 11.6 Å². The van der Waals surface area contributed by atoms with Crippen LogP contribution in [0.15, 0.2) is 58.3 Å². The number of nitrogens with zero attached hydrogens (tertiary/aromatic N) is 2. The fourth-order valence-electron chi connectivity index (χ4n) is 3.13. The summed E-state index contributed by atoms with van der Waals surface area (Å²) in [6.07, 6.45) is 0. The molecule has 30 heavy (non-hydrogen) atoms. The van der Waals surface area contributed by atoms with Gasteiger partial charge in [-0.3, -0.25) is 10.1 Å². The number of nitrogens with one attached hydrogen (secondary N) is 1. The lowest BCUT2D eigenvalue weighted by molar-refractivity contribution is 0.102. The number of carbonyl (C=O) groups excluding carboxylic acids is 1. The standard InChI is InChI=1S/C22H17N3O4S/c1-13-19(24-21(29-13)14-5-3-2-4-6-14)20(26)25-22-23-16(12-30-22)15-7-8-17-18(11-15)28-10-9-27-17/h2-8,11-12H,9-10H2,1H3,(H,23,25,26). The van der Waals surface area contributed by atoms with E-state index in [1.807, 2.05) is 53.9 Å². The lowest BCUT2D eigenvalue weighted by Gasteiger charge is -2.18. The molecule has 0 saturated heterocycles. The maximum atomic E-state index is 12.7. The van der Waals surface area contributed by atoms with Crippen molar-refractivity contribution in [2.45, 2.75) is 6.92 Å². The summed E-state index contributed by atoms with van der Waals surface area (Å²) in [6.45, 7) is 2.79. The number of hydrogen-bond acceptors (Lipinski definition) is 7. The zero-order valence-corrected chi connectivity index (χ0v) is 16.9. The van der Waals surface area contributed by atoms with Gasteiger partial charge in [0.25, 0.3) is 5.91 Å². The minimum absolute atomic E-state index is 0.241. The molecule has 2 aromatic carbocycles. The van der Waals surface area contributed by atoms with E-state index in [1.54, 1.807) is 6.92 Å². The third kappa shape index (κ3) is 3.53. The molecule has 8 heteroatoms. The molecule has 0 aliphatic carbocycles. The number of hydrogen-bond donors (Lipinski definition) is 1. The normalized spacial score (nSPS) is 12.6. The van der Waals surface area contributed by atoms with Crippen LogP contribution < -0.4 is 14.8 Å². The van der Waals surface area contributed by atoms with Crippen LogP contribution in [0.1, 0.15) is 16.2 Å². The Balaban J connectivity index is 1.34. The number of rotatable bonds is 4. The molecule has 4 aromatic rings. The molecule has 2 aromatic heterocycles. The Morgan fingerprint density at radius 3 is 2.63 bits per heavy atom. The number of aryl methyl sites for hydroxylation is 1. The van der Waals surface area contributed by atoms with Crippen molar-refractivity contribution >= 4 is 22.4 Å². The Morgan fingerprint density at radius 2 is 1.80 bits per heavy atom. The van der Waals surface area contributed by atoms with Gasteiger partial charge < -0.3 is 13.9 Å². The number of aromatic nitrogens is 2. The Kier molecular flexibility index (Phi) is 4.68. The predicted octanol–water partition coefficient (Wildman–Crippen LogP) is 4.80. The molecule has 0 saturated carbocycles. The molecule has 150 valence electrons.